The van der Waals surface area contributed by atoms with Gasteiger partial charge in [-0.3, -0.25) is 4.79 Å². The summed E-state index contributed by atoms with van der Waals surface area (Å²) >= 11 is 0. The topological polar surface area (TPSA) is 26.3 Å². The lowest BCUT2D eigenvalue weighted by atomic mass is 9.80. The van der Waals surface area contributed by atoms with Crippen LogP contribution < -0.4 is 0 Å². The summed E-state index contributed by atoms with van der Waals surface area (Å²) in [5.41, 5.74) is 1.60. The first-order valence-electron chi connectivity index (χ1n) is 7.21. The lowest BCUT2D eigenvalue weighted by Gasteiger charge is -2.25. The molecule has 0 aromatic heterocycles. The molecule has 3 heteroatoms. The highest BCUT2D eigenvalue weighted by atomic mass is 16.5. The summed E-state index contributed by atoms with van der Waals surface area (Å²) in [7, 11) is 5.80. The Labute approximate surface area is 131 Å². The predicted octanol–water partition coefficient (Wildman–Crippen LogP) is 4.34. The van der Waals surface area contributed by atoms with Crippen molar-refractivity contribution in [3.8, 4) is 0 Å². The molecule has 0 aromatic carbocycles. The van der Waals surface area contributed by atoms with Crippen molar-refractivity contribution < 1.29 is 9.53 Å². The molecular formula is C18H27BO2. The quantitative estimate of drug-likeness (QED) is 0.287. The summed E-state index contributed by atoms with van der Waals surface area (Å²) in [6.45, 7) is 13.1. The normalized spacial score (nSPS) is 15.0. The Morgan fingerprint density at radius 2 is 1.67 bits per heavy atom. The van der Waals surface area contributed by atoms with Gasteiger partial charge in [0.05, 0.1) is 6.61 Å². The Balaban J connectivity index is 5.09. The minimum atomic E-state index is -0.191. The van der Waals surface area contributed by atoms with Crippen molar-refractivity contribution in [2.75, 3.05) is 6.61 Å². The average molecular weight is 286 g/mol. The van der Waals surface area contributed by atoms with Gasteiger partial charge < -0.3 is 4.74 Å². The number of carbonyl (C=O) groups excluding carboxylic acids is 1. The van der Waals surface area contributed by atoms with Crippen LogP contribution in [0.1, 0.15) is 41.5 Å². The third-order valence-corrected chi connectivity index (χ3v) is 3.32. The summed E-state index contributed by atoms with van der Waals surface area (Å²) in [5.74, 6) is 0. The van der Waals surface area contributed by atoms with Gasteiger partial charge in [0.1, 0.15) is 7.85 Å². The predicted molar refractivity (Wildman–Crippen MR) is 91.1 cm³/mol. The molecule has 114 valence electrons. The van der Waals surface area contributed by atoms with Gasteiger partial charge in [-0.2, -0.15) is 0 Å². The highest BCUT2D eigenvalue weighted by Crippen LogP contribution is 2.31. The second-order valence-electron chi connectivity index (χ2n) is 6.32. The van der Waals surface area contributed by atoms with E-state index in [1.54, 1.807) is 0 Å². The maximum atomic E-state index is 10.3. The summed E-state index contributed by atoms with van der Waals surface area (Å²) in [4.78, 5) is 10.3. The first kappa shape index (κ1) is 19.5. The van der Waals surface area contributed by atoms with Crippen LogP contribution in [0.15, 0.2) is 47.5 Å². The summed E-state index contributed by atoms with van der Waals surface area (Å²) < 4.78 is 4.86. The van der Waals surface area contributed by atoms with Gasteiger partial charge in [-0.25, -0.2) is 0 Å². The molecule has 0 saturated carbocycles. The monoisotopic (exact) mass is 286 g/mol. The molecule has 0 unspecified atom stereocenters. The third kappa shape index (κ3) is 7.74. The molecule has 0 aliphatic heterocycles. The van der Waals surface area contributed by atoms with Crippen molar-refractivity contribution in [1.82, 2.24) is 0 Å². The molecular weight excluding hydrogens is 259 g/mol. The second-order valence-corrected chi connectivity index (χ2v) is 6.32. The fraction of sp³-hybridized carbons (Fsp3) is 0.500. The lowest BCUT2D eigenvalue weighted by molar-refractivity contribution is -0.130. The maximum Gasteiger partial charge on any atom is 0.293 e. The third-order valence-electron chi connectivity index (χ3n) is 3.32. The molecule has 0 fully saturated rings. The van der Waals surface area contributed by atoms with E-state index in [2.05, 4.69) is 32.1 Å². The average Bonchev–Trinajstić information content (AvgIpc) is 2.43. The van der Waals surface area contributed by atoms with Crippen LogP contribution in [-0.4, -0.2) is 20.9 Å². The molecule has 0 amide bonds. The molecule has 21 heavy (non-hydrogen) atoms. The Hall–Kier alpha value is -1.51. The van der Waals surface area contributed by atoms with Gasteiger partial charge in [0.2, 0.25) is 0 Å². The van der Waals surface area contributed by atoms with Crippen LogP contribution in [0.25, 0.3) is 0 Å². The standard InChI is InChI=1S/C18H27BO2/c1-7-15(9-10-16(19)8-2)18(5,6)12-11-17(3,4)13-21-14-20/h7-12,14H,13H2,1-6H3/b10-9-,12-11+,15-7+,16-8+. The molecule has 0 rings (SSSR count). The number of carbonyl (C=O) groups is 1. The Morgan fingerprint density at radius 3 is 2.14 bits per heavy atom. The van der Waals surface area contributed by atoms with Crippen LogP contribution >= 0.6 is 0 Å². The smallest absolute Gasteiger partial charge is 0.293 e. The molecule has 0 heterocycles. The highest BCUT2D eigenvalue weighted by molar-refractivity contribution is 6.23. The summed E-state index contributed by atoms with van der Waals surface area (Å²) in [6, 6.07) is 0. The van der Waals surface area contributed by atoms with Crippen LogP contribution in [0.5, 0.6) is 0 Å². The van der Waals surface area contributed by atoms with E-state index in [4.69, 9.17) is 12.6 Å². The van der Waals surface area contributed by atoms with Crippen molar-refractivity contribution in [3.63, 3.8) is 0 Å². The minimum Gasteiger partial charge on any atom is -0.467 e. The maximum absolute atomic E-state index is 10.3. The van der Waals surface area contributed by atoms with E-state index < -0.39 is 0 Å². The number of rotatable bonds is 8. The number of hydrogen-bond donors (Lipinski definition) is 0. The van der Waals surface area contributed by atoms with Gasteiger partial charge in [0.15, 0.2) is 0 Å². The van der Waals surface area contributed by atoms with Crippen molar-refractivity contribution in [2.45, 2.75) is 41.5 Å². The van der Waals surface area contributed by atoms with Gasteiger partial charge in [0, 0.05) is 10.8 Å². The van der Waals surface area contributed by atoms with Crippen molar-refractivity contribution >= 4 is 14.3 Å². The van der Waals surface area contributed by atoms with E-state index in [0.29, 0.717) is 13.1 Å². The fourth-order valence-corrected chi connectivity index (χ4v) is 1.79. The van der Waals surface area contributed by atoms with Crippen LogP contribution in [0.3, 0.4) is 0 Å². The molecule has 0 aromatic rings. The van der Waals surface area contributed by atoms with Gasteiger partial charge in [-0.1, -0.05) is 64.2 Å². The highest BCUT2D eigenvalue weighted by Gasteiger charge is 2.21. The Kier molecular flexibility index (Phi) is 8.08. The minimum absolute atomic E-state index is 0.127. The van der Waals surface area contributed by atoms with Crippen LogP contribution in [-0.2, 0) is 9.53 Å². The molecule has 0 aliphatic carbocycles. The van der Waals surface area contributed by atoms with Crippen LogP contribution in [0.4, 0.5) is 0 Å². The Morgan fingerprint density at radius 1 is 1.05 bits per heavy atom. The molecule has 0 bridgehead atoms. The number of hydrogen-bond acceptors (Lipinski definition) is 2. The summed E-state index contributed by atoms with van der Waals surface area (Å²) in [5, 5.41) is 0. The summed E-state index contributed by atoms with van der Waals surface area (Å²) in [6.07, 6.45) is 12.1. The van der Waals surface area contributed by atoms with E-state index in [-0.39, 0.29) is 10.8 Å². The van der Waals surface area contributed by atoms with E-state index in [1.807, 2.05) is 45.9 Å². The zero-order chi connectivity index (χ0) is 16.5. The molecule has 0 atom stereocenters. The number of ether oxygens (including phenoxy) is 1. The zero-order valence-electron chi connectivity index (χ0n) is 14.1. The van der Waals surface area contributed by atoms with Crippen molar-refractivity contribution in [1.29, 1.82) is 0 Å². The Bertz CT molecular complexity index is 452. The van der Waals surface area contributed by atoms with Crippen molar-refractivity contribution in [3.05, 3.63) is 47.5 Å². The fourth-order valence-electron chi connectivity index (χ4n) is 1.79. The lowest BCUT2D eigenvalue weighted by Crippen LogP contribution is -2.18. The van der Waals surface area contributed by atoms with E-state index in [9.17, 15) is 4.79 Å². The van der Waals surface area contributed by atoms with Crippen LogP contribution in [0.2, 0.25) is 0 Å². The van der Waals surface area contributed by atoms with Gasteiger partial charge in [-0.15, -0.1) is 5.47 Å². The van der Waals surface area contributed by atoms with Gasteiger partial charge in [0.25, 0.3) is 6.47 Å². The molecule has 0 spiro atoms. The molecule has 2 radical (unpaired) electrons. The molecule has 0 saturated heterocycles. The van der Waals surface area contributed by atoms with E-state index >= 15 is 0 Å². The largest absolute Gasteiger partial charge is 0.467 e. The first-order chi connectivity index (χ1) is 9.68. The molecule has 0 N–H and O–H groups in total. The SMILES string of the molecule is [B]C(/C=C\C(=C/C)C(C)(C)/C=C/C(C)(C)COC=O)=C/C. The first-order valence-corrected chi connectivity index (χ1v) is 7.21. The number of allylic oxidation sites excluding steroid dienone is 7. The molecule has 2 nitrogen and oxygen atoms in total. The van der Waals surface area contributed by atoms with E-state index in [0.717, 1.165) is 5.47 Å². The van der Waals surface area contributed by atoms with Gasteiger partial charge >= 0.3 is 0 Å². The van der Waals surface area contributed by atoms with Gasteiger partial charge in [-0.05, 0) is 19.4 Å². The van der Waals surface area contributed by atoms with Crippen LogP contribution in [0, 0.1) is 10.8 Å². The van der Waals surface area contributed by atoms with E-state index in [1.165, 1.54) is 5.57 Å². The zero-order valence-corrected chi connectivity index (χ0v) is 14.1. The second kappa shape index (κ2) is 8.71. The molecule has 0 aliphatic rings. The van der Waals surface area contributed by atoms with Crippen molar-refractivity contribution in [2.24, 2.45) is 10.8 Å².